The number of hydrogen-bond acceptors (Lipinski definition) is 5. The smallest absolute Gasteiger partial charge is 0.272 e. The van der Waals surface area contributed by atoms with E-state index < -0.39 is 0 Å². The highest BCUT2D eigenvalue weighted by Crippen LogP contribution is 2.21. The van der Waals surface area contributed by atoms with Gasteiger partial charge in [-0.2, -0.15) is 0 Å². The molecule has 2 fully saturated rings. The molecular formula is C18H28N4O2. The van der Waals surface area contributed by atoms with Crippen molar-refractivity contribution in [1.29, 1.82) is 0 Å². The van der Waals surface area contributed by atoms with E-state index >= 15 is 0 Å². The highest BCUT2D eigenvalue weighted by molar-refractivity contribution is 5.92. The Morgan fingerprint density at radius 1 is 1.17 bits per heavy atom. The van der Waals surface area contributed by atoms with Gasteiger partial charge in [-0.15, -0.1) is 0 Å². The van der Waals surface area contributed by atoms with Crippen LogP contribution in [0.1, 0.15) is 55.7 Å². The fourth-order valence-corrected chi connectivity index (χ4v) is 3.14. The largest absolute Gasteiger partial charge is 0.378 e. The van der Waals surface area contributed by atoms with Crippen LogP contribution in [-0.2, 0) is 4.74 Å². The number of aromatic nitrogens is 2. The summed E-state index contributed by atoms with van der Waals surface area (Å²) in [5.74, 6) is 1.68. The molecule has 2 aliphatic rings. The molecule has 0 unspecified atom stereocenters. The first-order valence-corrected chi connectivity index (χ1v) is 9.05. The number of nitrogens with zero attached hydrogens (tertiary/aromatic N) is 4. The number of carbonyl (C=O) groups excluding carboxylic acids is 1. The van der Waals surface area contributed by atoms with Gasteiger partial charge in [0.05, 0.1) is 13.2 Å². The Kier molecular flexibility index (Phi) is 5.33. The summed E-state index contributed by atoms with van der Waals surface area (Å²) in [6.07, 6.45) is 2.15. The van der Waals surface area contributed by atoms with Gasteiger partial charge in [0.25, 0.3) is 5.91 Å². The van der Waals surface area contributed by atoms with E-state index in [9.17, 15) is 4.79 Å². The topological polar surface area (TPSA) is 58.6 Å². The van der Waals surface area contributed by atoms with E-state index in [1.807, 2.05) is 11.0 Å². The number of piperidine rings is 1. The SMILES string of the molecule is CC1CCN(C(=O)c2cc(C(C)C)nc(N3CCOCC3)n2)CC1. The maximum Gasteiger partial charge on any atom is 0.272 e. The minimum Gasteiger partial charge on any atom is -0.378 e. The molecule has 24 heavy (non-hydrogen) atoms. The van der Waals surface area contributed by atoms with E-state index in [1.54, 1.807) is 0 Å². The predicted octanol–water partition coefficient (Wildman–Crippen LogP) is 2.31. The van der Waals surface area contributed by atoms with Crippen molar-refractivity contribution in [2.24, 2.45) is 5.92 Å². The van der Waals surface area contributed by atoms with Crippen molar-refractivity contribution in [3.05, 3.63) is 17.5 Å². The summed E-state index contributed by atoms with van der Waals surface area (Å²) in [7, 11) is 0. The summed E-state index contributed by atoms with van der Waals surface area (Å²) in [6.45, 7) is 11.0. The molecule has 0 spiro atoms. The van der Waals surface area contributed by atoms with Crippen molar-refractivity contribution in [2.75, 3.05) is 44.3 Å². The van der Waals surface area contributed by atoms with Crippen LogP contribution in [-0.4, -0.2) is 60.2 Å². The number of anilines is 1. The summed E-state index contributed by atoms with van der Waals surface area (Å²) in [4.78, 5) is 26.3. The van der Waals surface area contributed by atoms with Gasteiger partial charge in [0.15, 0.2) is 0 Å². The molecule has 0 radical (unpaired) electrons. The van der Waals surface area contributed by atoms with Crippen LogP contribution >= 0.6 is 0 Å². The molecule has 2 aliphatic heterocycles. The molecule has 2 saturated heterocycles. The van der Waals surface area contributed by atoms with E-state index in [0.29, 0.717) is 30.8 Å². The third-order valence-electron chi connectivity index (χ3n) is 4.91. The zero-order valence-corrected chi connectivity index (χ0v) is 15.0. The van der Waals surface area contributed by atoms with Crippen molar-refractivity contribution in [1.82, 2.24) is 14.9 Å². The molecule has 6 heteroatoms. The number of hydrogen-bond donors (Lipinski definition) is 0. The molecule has 132 valence electrons. The van der Waals surface area contributed by atoms with Crippen LogP contribution in [0.15, 0.2) is 6.07 Å². The van der Waals surface area contributed by atoms with Crippen LogP contribution in [0.2, 0.25) is 0 Å². The Bertz CT molecular complexity index is 576. The van der Waals surface area contributed by atoms with Gasteiger partial charge in [-0.1, -0.05) is 20.8 Å². The molecule has 0 N–H and O–H groups in total. The van der Waals surface area contributed by atoms with Gasteiger partial charge in [-0.05, 0) is 30.7 Å². The Morgan fingerprint density at radius 2 is 1.83 bits per heavy atom. The maximum absolute atomic E-state index is 12.9. The molecular weight excluding hydrogens is 304 g/mol. The standard InChI is InChI=1S/C18H28N4O2/c1-13(2)15-12-16(17(23)21-6-4-14(3)5-7-21)20-18(19-15)22-8-10-24-11-9-22/h12-14H,4-11H2,1-3H3. The van der Waals surface area contributed by atoms with Crippen LogP contribution in [0.25, 0.3) is 0 Å². The van der Waals surface area contributed by atoms with Crippen LogP contribution in [0.5, 0.6) is 0 Å². The lowest BCUT2D eigenvalue weighted by Gasteiger charge is -2.31. The van der Waals surface area contributed by atoms with Gasteiger partial charge in [0, 0.05) is 31.9 Å². The Morgan fingerprint density at radius 3 is 2.46 bits per heavy atom. The maximum atomic E-state index is 12.9. The molecule has 0 atom stereocenters. The van der Waals surface area contributed by atoms with E-state index in [4.69, 9.17) is 4.74 Å². The molecule has 1 amide bonds. The number of morpholine rings is 1. The first-order valence-electron chi connectivity index (χ1n) is 9.05. The van der Waals surface area contributed by atoms with Crippen LogP contribution in [0.4, 0.5) is 5.95 Å². The van der Waals surface area contributed by atoms with Gasteiger partial charge in [-0.25, -0.2) is 9.97 Å². The minimum atomic E-state index is 0.0423. The number of likely N-dealkylation sites (tertiary alicyclic amines) is 1. The second-order valence-corrected chi connectivity index (χ2v) is 7.21. The molecule has 6 nitrogen and oxygen atoms in total. The van der Waals surface area contributed by atoms with Gasteiger partial charge in [0.2, 0.25) is 5.95 Å². The second-order valence-electron chi connectivity index (χ2n) is 7.21. The van der Waals surface area contributed by atoms with Crippen molar-refractivity contribution < 1.29 is 9.53 Å². The number of rotatable bonds is 3. The zero-order valence-electron chi connectivity index (χ0n) is 15.0. The lowest BCUT2D eigenvalue weighted by molar-refractivity contribution is 0.0691. The summed E-state index contributed by atoms with van der Waals surface area (Å²) in [6, 6.07) is 1.87. The van der Waals surface area contributed by atoms with Crippen molar-refractivity contribution >= 4 is 11.9 Å². The molecule has 0 bridgehead atoms. The minimum absolute atomic E-state index is 0.0423. The second kappa shape index (κ2) is 7.47. The molecule has 0 saturated carbocycles. The lowest BCUT2D eigenvalue weighted by Crippen LogP contribution is -2.40. The van der Waals surface area contributed by atoms with Crippen LogP contribution in [0, 0.1) is 5.92 Å². The predicted molar refractivity (Wildman–Crippen MR) is 93.5 cm³/mol. The van der Waals surface area contributed by atoms with Crippen LogP contribution < -0.4 is 4.90 Å². The van der Waals surface area contributed by atoms with Crippen LogP contribution in [0.3, 0.4) is 0 Å². The summed E-state index contributed by atoms with van der Waals surface area (Å²) >= 11 is 0. The van der Waals surface area contributed by atoms with E-state index in [-0.39, 0.29) is 11.8 Å². The van der Waals surface area contributed by atoms with Crippen molar-refractivity contribution in [2.45, 2.75) is 39.5 Å². The fraction of sp³-hybridized carbons (Fsp3) is 0.722. The Hall–Kier alpha value is -1.69. The van der Waals surface area contributed by atoms with E-state index in [2.05, 4.69) is 35.6 Å². The van der Waals surface area contributed by atoms with E-state index in [0.717, 1.165) is 44.7 Å². The Labute approximate surface area is 144 Å². The molecule has 1 aromatic rings. The average molecular weight is 332 g/mol. The molecule has 3 rings (SSSR count). The fourth-order valence-electron chi connectivity index (χ4n) is 3.14. The zero-order chi connectivity index (χ0) is 17.1. The summed E-state index contributed by atoms with van der Waals surface area (Å²) in [5, 5.41) is 0. The van der Waals surface area contributed by atoms with Gasteiger partial charge >= 0.3 is 0 Å². The van der Waals surface area contributed by atoms with Crippen molar-refractivity contribution in [3.63, 3.8) is 0 Å². The third-order valence-corrected chi connectivity index (χ3v) is 4.91. The summed E-state index contributed by atoms with van der Waals surface area (Å²) < 4.78 is 5.41. The van der Waals surface area contributed by atoms with Crippen molar-refractivity contribution in [3.8, 4) is 0 Å². The van der Waals surface area contributed by atoms with E-state index in [1.165, 1.54) is 0 Å². The normalized spacial score (nSPS) is 19.8. The highest BCUT2D eigenvalue weighted by Gasteiger charge is 2.25. The monoisotopic (exact) mass is 332 g/mol. The van der Waals surface area contributed by atoms with Gasteiger partial charge < -0.3 is 14.5 Å². The molecule has 0 aliphatic carbocycles. The Balaban J connectivity index is 1.85. The lowest BCUT2D eigenvalue weighted by atomic mass is 9.99. The molecule has 3 heterocycles. The highest BCUT2D eigenvalue weighted by atomic mass is 16.5. The molecule has 0 aromatic carbocycles. The average Bonchev–Trinajstić information content (AvgIpc) is 2.62. The number of amides is 1. The summed E-state index contributed by atoms with van der Waals surface area (Å²) in [5.41, 5.74) is 1.46. The molecule has 1 aromatic heterocycles. The first kappa shape index (κ1) is 17.1. The number of ether oxygens (including phenoxy) is 1. The first-order chi connectivity index (χ1) is 11.5. The quantitative estimate of drug-likeness (QED) is 0.850. The number of carbonyl (C=O) groups is 1. The van der Waals surface area contributed by atoms with Gasteiger partial charge in [-0.3, -0.25) is 4.79 Å². The van der Waals surface area contributed by atoms with Gasteiger partial charge in [0.1, 0.15) is 5.69 Å². The third kappa shape index (κ3) is 3.86.